The van der Waals surface area contributed by atoms with Crippen LogP contribution >= 0.6 is 11.3 Å². The van der Waals surface area contributed by atoms with Crippen molar-refractivity contribution < 1.29 is 4.43 Å². The maximum absolute atomic E-state index is 6.46. The summed E-state index contributed by atoms with van der Waals surface area (Å²) in [4.78, 5) is 4.29. The number of hydrogen-bond acceptors (Lipinski definition) is 3. The van der Waals surface area contributed by atoms with E-state index < -0.39 is 8.32 Å². The lowest BCUT2D eigenvalue weighted by Crippen LogP contribution is -2.47. The standard InChI is InChI=1S/C14H25NOSSi/c1-10(2)18(11(3)4,12(5)6)16-13(7)14-15-8-9-17-14/h8-12H,7H2,1-6H3. The van der Waals surface area contributed by atoms with Crippen molar-refractivity contribution in [2.45, 2.75) is 58.2 Å². The van der Waals surface area contributed by atoms with Gasteiger partial charge in [-0.2, -0.15) is 0 Å². The van der Waals surface area contributed by atoms with Crippen LogP contribution in [0.4, 0.5) is 0 Å². The highest BCUT2D eigenvalue weighted by molar-refractivity contribution is 7.10. The second-order valence-corrected chi connectivity index (χ2v) is 12.0. The zero-order chi connectivity index (χ0) is 13.9. The zero-order valence-electron chi connectivity index (χ0n) is 12.4. The number of aromatic nitrogens is 1. The van der Waals surface area contributed by atoms with Gasteiger partial charge in [-0.15, -0.1) is 11.3 Å². The molecule has 2 nitrogen and oxygen atoms in total. The van der Waals surface area contributed by atoms with E-state index in [1.54, 1.807) is 17.5 Å². The topological polar surface area (TPSA) is 22.1 Å². The lowest BCUT2D eigenvalue weighted by molar-refractivity contribution is 0.445. The van der Waals surface area contributed by atoms with Crippen LogP contribution in [0.15, 0.2) is 18.2 Å². The van der Waals surface area contributed by atoms with Gasteiger partial charge in [0.25, 0.3) is 8.32 Å². The molecule has 0 aliphatic rings. The van der Waals surface area contributed by atoms with E-state index in [2.05, 4.69) is 53.1 Å². The van der Waals surface area contributed by atoms with Gasteiger partial charge in [0.2, 0.25) is 0 Å². The van der Waals surface area contributed by atoms with Gasteiger partial charge in [0.1, 0.15) is 5.76 Å². The Hall–Kier alpha value is -0.613. The third-order valence-electron chi connectivity index (χ3n) is 3.68. The number of thiazole rings is 1. The summed E-state index contributed by atoms with van der Waals surface area (Å²) < 4.78 is 6.46. The van der Waals surface area contributed by atoms with Crippen molar-refractivity contribution in [3.05, 3.63) is 23.2 Å². The van der Waals surface area contributed by atoms with Crippen molar-refractivity contribution in [1.82, 2.24) is 4.98 Å². The molecule has 0 aliphatic carbocycles. The normalized spacial score (nSPS) is 12.5. The molecule has 1 aromatic heterocycles. The zero-order valence-corrected chi connectivity index (χ0v) is 14.2. The van der Waals surface area contributed by atoms with E-state index in [-0.39, 0.29) is 0 Å². The van der Waals surface area contributed by atoms with Crippen LogP contribution in [0, 0.1) is 0 Å². The molecular formula is C14H25NOSSi. The molecular weight excluding hydrogens is 258 g/mol. The average molecular weight is 284 g/mol. The van der Waals surface area contributed by atoms with E-state index in [9.17, 15) is 0 Å². The third-order valence-corrected chi connectivity index (χ3v) is 10.5. The van der Waals surface area contributed by atoms with Crippen molar-refractivity contribution in [2.75, 3.05) is 0 Å². The summed E-state index contributed by atoms with van der Waals surface area (Å²) in [5, 5.41) is 2.88. The molecule has 18 heavy (non-hydrogen) atoms. The molecule has 0 unspecified atom stereocenters. The van der Waals surface area contributed by atoms with Gasteiger partial charge in [-0.3, -0.25) is 0 Å². The van der Waals surface area contributed by atoms with Gasteiger partial charge in [0.05, 0.1) is 0 Å². The molecule has 0 amide bonds. The summed E-state index contributed by atoms with van der Waals surface area (Å²) in [6.45, 7) is 17.8. The second kappa shape index (κ2) is 6.02. The lowest BCUT2D eigenvalue weighted by Gasteiger charge is -2.42. The van der Waals surface area contributed by atoms with Crippen LogP contribution in [0.3, 0.4) is 0 Å². The number of nitrogens with zero attached hydrogens (tertiary/aromatic N) is 1. The van der Waals surface area contributed by atoms with Gasteiger partial charge in [0.15, 0.2) is 5.01 Å². The summed E-state index contributed by atoms with van der Waals surface area (Å²) >= 11 is 1.59. The SMILES string of the molecule is C=C(O[Si](C(C)C)(C(C)C)C(C)C)c1nccs1. The fourth-order valence-corrected chi connectivity index (χ4v) is 8.82. The Balaban J connectivity index is 3.02. The van der Waals surface area contributed by atoms with Crippen LogP contribution in [-0.2, 0) is 4.43 Å². The van der Waals surface area contributed by atoms with E-state index in [1.165, 1.54) is 0 Å². The van der Waals surface area contributed by atoms with Gasteiger partial charge < -0.3 is 4.43 Å². The predicted molar refractivity (Wildman–Crippen MR) is 83.3 cm³/mol. The minimum atomic E-state index is -1.88. The monoisotopic (exact) mass is 283 g/mol. The molecule has 0 spiro atoms. The maximum atomic E-state index is 6.46. The fraction of sp³-hybridized carbons (Fsp3) is 0.643. The lowest BCUT2D eigenvalue weighted by atomic mass is 10.5. The molecule has 0 bridgehead atoms. The Bertz CT molecular complexity index is 363. The van der Waals surface area contributed by atoms with Crippen molar-refractivity contribution in [3.63, 3.8) is 0 Å². The van der Waals surface area contributed by atoms with E-state index in [0.717, 1.165) is 10.8 Å². The first-order valence-electron chi connectivity index (χ1n) is 6.60. The molecule has 4 heteroatoms. The minimum absolute atomic E-state index is 0.564. The number of rotatable bonds is 6. The molecule has 0 atom stereocenters. The molecule has 0 radical (unpaired) electrons. The molecule has 1 aromatic rings. The summed E-state index contributed by atoms with van der Waals surface area (Å²) in [7, 11) is -1.88. The summed E-state index contributed by atoms with van der Waals surface area (Å²) in [5.74, 6) is 0.757. The first kappa shape index (κ1) is 15.4. The quantitative estimate of drug-likeness (QED) is 0.521. The first-order valence-corrected chi connectivity index (χ1v) is 9.62. The Morgan fingerprint density at radius 1 is 1.17 bits per heavy atom. The first-order chi connectivity index (χ1) is 8.32. The van der Waals surface area contributed by atoms with Gasteiger partial charge >= 0.3 is 0 Å². The van der Waals surface area contributed by atoms with Crippen molar-refractivity contribution in [1.29, 1.82) is 0 Å². The van der Waals surface area contributed by atoms with Crippen molar-refractivity contribution in [3.8, 4) is 0 Å². The second-order valence-electron chi connectivity index (χ2n) is 5.68. The van der Waals surface area contributed by atoms with E-state index in [1.807, 2.05) is 5.38 Å². The highest BCUT2D eigenvalue weighted by Gasteiger charge is 2.47. The highest BCUT2D eigenvalue weighted by Crippen LogP contribution is 2.44. The van der Waals surface area contributed by atoms with Crippen LogP contribution in [0.5, 0.6) is 0 Å². The Kier molecular flexibility index (Phi) is 5.17. The maximum Gasteiger partial charge on any atom is 0.258 e. The van der Waals surface area contributed by atoms with E-state index in [0.29, 0.717) is 16.6 Å². The van der Waals surface area contributed by atoms with Crippen LogP contribution in [0.2, 0.25) is 16.6 Å². The third kappa shape index (κ3) is 2.86. The molecule has 1 rings (SSSR count). The van der Waals surface area contributed by atoms with Crippen LogP contribution in [0.1, 0.15) is 46.6 Å². The predicted octanol–water partition coefficient (Wildman–Crippen LogP) is 5.31. The van der Waals surface area contributed by atoms with Gasteiger partial charge in [0, 0.05) is 11.6 Å². The summed E-state index contributed by atoms with van der Waals surface area (Å²) in [5.41, 5.74) is 1.69. The number of hydrogen-bond donors (Lipinski definition) is 0. The molecule has 102 valence electrons. The minimum Gasteiger partial charge on any atom is -0.541 e. The van der Waals surface area contributed by atoms with Crippen molar-refractivity contribution in [2.24, 2.45) is 0 Å². The molecule has 0 aromatic carbocycles. The Labute approximate surface area is 116 Å². The molecule has 0 saturated heterocycles. The van der Waals surface area contributed by atoms with E-state index >= 15 is 0 Å². The Morgan fingerprint density at radius 3 is 2.00 bits per heavy atom. The van der Waals surface area contributed by atoms with Gasteiger partial charge in [-0.05, 0) is 16.6 Å². The Morgan fingerprint density at radius 2 is 1.67 bits per heavy atom. The van der Waals surface area contributed by atoms with Crippen molar-refractivity contribution >= 4 is 25.4 Å². The van der Waals surface area contributed by atoms with Crippen LogP contribution < -0.4 is 0 Å². The molecule has 1 heterocycles. The van der Waals surface area contributed by atoms with Gasteiger partial charge in [-0.25, -0.2) is 4.98 Å². The summed E-state index contributed by atoms with van der Waals surface area (Å²) in [6, 6.07) is 0. The molecule has 0 N–H and O–H groups in total. The van der Waals surface area contributed by atoms with Gasteiger partial charge in [-0.1, -0.05) is 48.1 Å². The van der Waals surface area contributed by atoms with Crippen LogP contribution in [-0.4, -0.2) is 13.3 Å². The summed E-state index contributed by atoms with van der Waals surface area (Å²) in [6.07, 6.45) is 1.80. The molecule has 0 saturated carbocycles. The van der Waals surface area contributed by atoms with E-state index in [4.69, 9.17) is 4.43 Å². The fourth-order valence-electron chi connectivity index (χ4n) is 2.97. The highest BCUT2D eigenvalue weighted by atomic mass is 32.1. The van der Waals surface area contributed by atoms with Crippen LogP contribution in [0.25, 0.3) is 5.76 Å². The molecule has 0 aliphatic heterocycles. The largest absolute Gasteiger partial charge is 0.541 e. The average Bonchev–Trinajstić information content (AvgIpc) is 2.77. The smallest absolute Gasteiger partial charge is 0.258 e. The molecule has 0 fully saturated rings.